The molecular weight excluding hydrogens is 362 g/mol. The van der Waals surface area contributed by atoms with Gasteiger partial charge >= 0.3 is 0 Å². The molecule has 0 heterocycles. The minimum absolute atomic E-state index is 0.0883. The molecule has 1 fully saturated rings. The first-order valence-corrected chi connectivity index (χ1v) is 10.2. The van der Waals surface area contributed by atoms with E-state index in [4.69, 9.17) is 0 Å². The first kappa shape index (κ1) is 17.7. The predicted molar refractivity (Wildman–Crippen MR) is 115 cm³/mol. The molecular formula is C24H23N3O2. The van der Waals surface area contributed by atoms with E-state index in [1.165, 1.54) is 21.9 Å². The Labute approximate surface area is 169 Å². The number of nitrogens with one attached hydrogen (secondary N) is 3. The smallest absolute Gasteiger partial charge is 0.251 e. The lowest BCUT2D eigenvalue weighted by Gasteiger charge is -2.12. The molecule has 0 bridgehead atoms. The summed E-state index contributed by atoms with van der Waals surface area (Å²) >= 11 is 0. The summed E-state index contributed by atoms with van der Waals surface area (Å²) in [5.74, 6) is -0.234. The molecule has 29 heavy (non-hydrogen) atoms. The third-order valence-electron chi connectivity index (χ3n) is 5.64. The summed E-state index contributed by atoms with van der Waals surface area (Å²) in [7, 11) is 0. The Hall–Kier alpha value is -3.34. The fourth-order valence-electron chi connectivity index (χ4n) is 4.02. The van der Waals surface area contributed by atoms with Gasteiger partial charge in [0.25, 0.3) is 5.91 Å². The Morgan fingerprint density at radius 1 is 0.931 bits per heavy atom. The van der Waals surface area contributed by atoms with Crippen LogP contribution in [0.5, 0.6) is 0 Å². The lowest BCUT2D eigenvalue weighted by atomic mass is 10.0. The van der Waals surface area contributed by atoms with Crippen molar-refractivity contribution in [2.24, 2.45) is 0 Å². The molecule has 0 unspecified atom stereocenters. The summed E-state index contributed by atoms with van der Waals surface area (Å²) in [6.45, 7) is 0.164. The van der Waals surface area contributed by atoms with Crippen molar-refractivity contribution in [3.63, 3.8) is 0 Å². The Kier molecular flexibility index (Phi) is 4.43. The highest BCUT2D eigenvalue weighted by molar-refractivity contribution is 6.02. The molecule has 146 valence electrons. The molecule has 3 aromatic carbocycles. The van der Waals surface area contributed by atoms with Gasteiger partial charge in [-0.25, -0.2) is 0 Å². The van der Waals surface area contributed by atoms with Crippen molar-refractivity contribution in [1.82, 2.24) is 5.32 Å². The van der Waals surface area contributed by atoms with Crippen LogP contribution in [0.15, 0.2) is 54.6 Å². The Morgan fingerprint density at radius 3 is 2.55 bits per heavy atom. The van der Waals surface area contributed by atoms with Crippen LogP contribution in [-0.2, 0) is 17.6 Å². The highest BCUT2D eigenvalue weighted by Crippen LogP contribution is 2.34. The van der Waals surface area contributed by atoms with Gasteiger partial charge < -0.3 is 16.0 Å². The zero-order valence-corrected chi connectivity index (χ0v) is 16.1. The molecule has 2 aliphatic carbocycles. The van der Waals surface area contributed by atoms with Gasteiger partial charge in [-0.1, -0.05) is 30.3 Å². The van der Waals surface area contributed by atoms with Gasteiger partial charge in [0.1, 0.15) is 0 Å². The van der Waals surface area contributed by atoms with Crippen LogP contribution in [0.2, 0.25) is 0 Å². The number of benzene rings is 3. The molecule has 5 nitrogen and oxygen atoms in total. The standard InChI is InChI=1S/C24H23N3O2/c28-22(26-19-5-1-4-17(13-19)24(29)27-18-10-11-18)14-25-21-12-9-16-8-7-15-3-2-6-20(21)23(15)16/h1-6,9,12-13,18,25H,7-8,10-11,14H2,(H,26,28)(H,27,29). The molecule has 3 aromatic rings. The van der Waals surface area contributed by atoms with Gasteiger partial charge in [-0.2, -0.15) is 0 Å². The zero-order chi connectivity index (χ0) is 19.8. The highest BCUT2D eigenvalue weighted by Gasteiger charge is 2.23. The number of carbonyl (C=O) groups is 2. The molecule has 0 aromatic heterocycles. The van der Waals surface area contributed by atoms with Crippen LogP contribution in [-0.4, -0.2) is 24.4 Å². The van der Waals surface area contributed by atoms with Crippen LogP contribution >= 0.6 is 0 Å². The molecule has 0 spiro atoms. The van der Waals surface area contributed by atoms with Crippen molar-refractivity contribution < 1.29 is 9.59 Å². The minimum atomic E-state index is -0.145. The number of anilines is 2. The highest BCUT2D eigenvalue weighted by atomic mass is 16.2. The van der Waals surface area contributed by atoms with E-state index in [-0.39, 0.29) is 18.4 Å². The maximum atomic E-state index is 12.5. The second-order valence-corrected chi connectivity index (χ2v) is 7.84. The van der Waals surface area contributed by atoms with Crippen LogP contribution in [0.4, 0.5) is 11.4 Å². The van der Waals surface area contributed by atoms with E-state index in [0.717, 1.165) is 31.4 Å². The van der Waals surface area contributed by atoms with Crippen LogP contribution < -0.4 is 16.0 Å². The van der Waals surface area contributed by atoms with Crippen molar-refractivity contribution in [2.75, 3.05) is 17.2 Å². The van der Waals surface area contributed by atoms with Gasteiger partial charge in [0.2, 0.25) is 5.91 Å². The SMILES string of the molecule is O=C(CNc1ccc2c3c(cccc13)CC2)Nc1cccc(C(=O)NC2CC2)c1. The number of hydrogen-bond donors (Lipinski definition) is 3. The average Bonchev–Trinajstić information content (AvgIpc) is 3.45. The van der Waals surface area contributed by atoms with Gasteiger partial charge in [0.05, 0.1) is 6.54 Å². The molecule has 0 atom stereocenters. The van der Waals surface area contributed by atoms with Gasteiger partial charge in [-0.05, 0) is 66.5 Å². The molecule has 0 aliphatic heterocycles. The summed E-state index contributed by atoms with van der Waals surface area (Å²) in [6.07, 6.45) is 4.26. The monoisotopic (exact) mass is 385 g/mol. The van der Waals surface area contributed by atoms with Crippen molar-refractivity contribution in [3.05, 3.63) is 71.3 Å². The first-order chi connectivity index (χ1) is 14.2. The van der Waals surface area contributed by atoms with Gasteiger partial charge in [-0.3, -0.25) is 9.59 Å². The van der Waals surface area contributed by atoms with Crippen LogP contribution in [0, 0.1) is 0 Å². The number of aryl methyl sites for hydroxylation is 2. The Balaban J connectivity index is 1.25. The topological polar surface area (TPSA) is 70.2 Å². The first-order valence-electron chi connectivity index (χ1n) is 10.2. The zero-order valence-electron chi connectivity index (χ0n) is 16.1. The second kappa shape index (κ2) is 7.24. The third-order valence-corrected chi connectivity index (χ3v) is 5.64. The van der Waals surface area contributed by atoms with Gasteiger partial charge in [0, 0.05) is 28.4 Å². The van der Waals surface area contributed by atoms with E-state index >= 15 is 0 Å². The Morgan fingerprint density at radius 2 is 1.72 bits per heavy atom. The average molecular weight is 385 g/mol. The van der Waals surface area contributed by atoms with Gasteiger partial charge in [-0.15, -0.1) is 0 Å². The maximum Gasteiger partial charge on any atom is 0.251 e. The van der Waals surface area contributed by atoms with Gasteiger partial charge in [0.15, 0.2) is 0 Å². The van der Waals surface area contributed by atoms with E-state index in [0.29, 0.717) is 17.3 Å². The van der Waals surface area contributed by atoms with E-state index in [2.05, 4.69) is 46.3 Å². The van der Waals surface area contributed by atoms with E-state index < -0.39 is 0 Å². The summed E-state index contributed by atoms with van der Waals surface area (Å²) in [6, 6.07) is 18.0. The minimum Gasteiger partial charge on any atom is -0.376 e. The van der Waals surface area contributed by atoms with Crippen LogP contribution in [0.3, 0.4) is 0 Å². The normalized spacial score (nSPS) is 14.6. The van der Waals surface area contributed by atoms with Crippen molar-refractivity contribution in [2.45, 2.75) is 31.7 Å². The number of carbonyl (C=O) groups excluding carboxylic acids is 2. The molecule has 0 saturated heterocycles. The summed E-state index contributed by atoms with van der Waals surface area (Å²) in [5, 5.41) is 11.6. The largest absolute Gasteiger partial charge is 0.376 e. The molecule has 2 amide bonds. The van der Waals surface area contributed by atoms with Crippen LogP contribution in [0.1, 0.15) is 34.3 Å². The fraction of sp³-hybridized carbons (Fsp3) is 0.250. The number of amides is 2. The predicted octanol–water partition coefficient (Wildman–Crippen LogP) is 3.88. The molecule has 0 radical (unpaired) electrons. The Bertz CT molecular complexity index is 1110. The lowest BCUT2D eigenvalue weighted by molar-refractivity contribution is -0.114. The second-order valence-electron chi connectivity index (χ2n) is 7.84. The molecule has 1 saturated carbocycles. The summed E-state index contributed by atoms with van der Waals surface area (Å²) in [5.41, 5.74) is 4.93. The summed E-state index contributed by atoms with van der Waals surface area (Å²) < 4.78 is 0. The van der Waals surface area contributed by atoms with Crippen LogP contribution in [0.25, 0.3) is 10.8 Å². The molecule has 3 N–H and O–H groups in total. The third kappa shape index (κ3) is 3.68. The lowest BCUT2D eigenvalue weighted by Crippen LogP contribution is -2.26. The maximum absolute atomic E-state index is 12.5. The van der Waals surface area contributed by atoms with E-state index in [1.807, 2.05) is 0 Å². The summed E-state index contributed by atoms with van der Waals surface area (Å²) in [4.78, 5) is 24.7. The number of rotatable bonds is 6. The van der Waals surface area contributed by atoms with Crippen molar-refractivity contribution >= 4 is 34.0 Å². The molecule has 2 aliphatic rings. The van der Waals surface area contributed by atoms with E-state index in [9.17, 15) is 9.59 Å². The van der Waals surface area contributed by atoms with E-state index in [1.54, 1.807) is 24.3 Å². The quantitative estimate of drug-likeness (QED) is 0.603. The van der Waals surface area contributed by atoms with Crippen molar-refractivity contribution in [3.8, 4) is 0 Å². The fourth-order valence-corrected chi connectivity index (χ4v) is 4.02. The number of hydrogen-bond acceptors (Lipinski definition) is 3. The molecule has 5 rings (SSSR count). The van der Waals surface area contributed by atoms with Crippen molar-refractivity contribution in [1.29, 1.82) is 0 Å². The molecule has 5 heteroatoms.